The number of hydrogen-bond acceptors (Lipinski definition) is 2. The molecule has 1 atom stereocenters. The van der Waals surface area contributed by atoms with Gasteiger partial charge in [-0.15, -0.1) is 11.6 Å². The van der Waals surface area contributed by atoms with Crippen molar-refractivity contribution < 1.29 is 5.11 Å². The standard InChI is InChI=1S/C7H6Br2ClNO/c8-4-1-5(6(12)3-10)11-7(9)2-4/h1-2,6,12H,3H2. The summed E-state index contributed by atoms with van der Waals surface area (Å²) in [5.41, 5.74) is 0.561. The van der Waals surface area contributed by atoms with Crippen LogP contribution in [0.25, 0.3) is 0 Å². The van der Waals surface area contributed by atoms with E-state index >= 15 is 0 Å². The molecule has 0 aliphatic carbocycles. The highest BCUT2D eigenvalue weighted by Crippen LogP contribution is 2.21. The van der Waals surface area contributed by atoms with Gasteiger partial charge in [-0.05, 0) is 28.1 Å². The first-order valence-corrected chi connectivity index (χ1v) is 5.32. The van der Waals surface area contributed by atoms with E-state index in [2.05, 4.69) is 36.8 Å². The van der Waals surface area contributed by atoms with Gasteiger partial charge in [0.2, 0.25) is 0 Å². The van der Waals surface area contributed by atoms with Gasteiger partial charge in [-0.1, -0.05) is 15.9 Å². The van der Waals surface area contributed by atoms with Crippen molar-refractivity contribution in [1.29, 1.82) is 0 Å². The van der Waals surface area contributed by atoms with Gasteiger partial charge in [0, 0.05) is 4.47 Å². The largest absolute Gasteiger partial charge is 0.386 e. The normalized spacial score (nSPS) is 13.0. The Kier molecular flexibility index (Phi) is 3.96. The second-order valence-corrected chi connectivity index (χ2v) is 4.24. The molecule has 1 rings (SSSR count). The third kappa shape index (κ3) is 2.69. The third-order valence-electron chi connectivity index (χ3n) is 1.27. The lowest BCUT2D eigenvalue weighted by atomic mass is 10.2. The Bertz CT molecular complexity index is 262. The van der Waals surface area contributed by atoms with Crippen molar-refractivity contribution in [3.8, 4) is 0 Å². The van der Waals surface area contributed by atoms with Crippen molar-refractivity contribution in [2.24, 2.45) is 0 Å². The van der Waals surface area contributed by atoms with Crippen LogP contribution in [0.15, 0.2) is 21.2 Å². The van der Waals surface area contributed by atoms with Crippen LogP contribution >= 0.6 is 43.5 Å². The summed E-state index contributed by atoms with van der Waals surface area (Å²) in [5.74, 6) is 0.149. The van der Waals surface area contributed by atoms with Gasteiger partial charge >= 0.3 is 0 Å². The van der Waals surface area contributed by atoms with Gasteiger partial charge in [0.1, 0.15) is 10.7 Å². The number of halogens is 3. The molecule has 5 heteroatoms. The van der Waals surface area contributed by atoms with Crippen LogP contribution in [0.3, 0.4) is 0 Å². The molecule has 0 radical (unpaired) electrons. The summed E-state index contributed by atoms with van der Waals surface area (Å²) in [5, 5.41) is 9.34. The number of pyridine rings is 1. The van der Waals surface area contributed by atoms with E-state index in [0.29, 0.717) is 10.3 Å². The first-order chi connectivity index (χ1) is 5.63. The molecule has 0 saturated carbocycles. The van der Waals surface area contributed by atoms with E-state index in [1.54, 1.807) is 12.1 Å². The number of aliphatic hydroxyl groups excluding tert-OH is 1. The zero-order valence-electron chi connectivity index (χ0n) is 5.97. The van der Waals surface area contributed by atoms with Crippen molar-refractivity contribution in [2.75, 3.05) is 5.88 Å². The molecule has 1 aromatic rings. The summed E-state index contributed by atoms with van der Waals surface area (Å²) in [7, 11) is 0. The van der Waals surface area contributed by atoms with Gasteiger partial charge in [-0.25, -0.2) is 4.98 Å². The zero-order chi connectivity index (χ0) is 9.14. The van der Waals surface area contributed by atoms with E-state index in [4.69, 9.17) is 11.6 Å². The fourth-order valence-electron chi connectivity index (χ4n) is 0.734. The van der Waals surface area contributed by atoms with Gasteiger partial charge in [0.05, 0.1) is 11.6 Å². The molecule has 2 nitrogen and oxygen atoms in total. The van der Waals surface area contributed by atoms with E-state index < -0.39 is 6.10 Å². The number of rotatable bonds is 2. The highest BCUT2D eigenvalue weighted by Gasteiger charge is 2.08. The van der Waals surface area contributed by atoms with E-state index in [0.717, 1.165) is 4.47 Å². The van der Waals surface area contributed by atoms with Crippen molar-refractivity contribution in [3.63, 3.8) is 0 Å². The summed E-state index contributed by atoms with van der Waals surface area (Å²) < 4.78 is 1.54. The van der Waals surface area contributed by atoms with Crippen LogP contribution in [-0.4, -0.2) is 16.0 Å². The van der Waals surface area contributed by atoms with Gasteiger partial charge in [-0.3, -0.25) is 0 Å². The van der Waals surface area contributed by atoms with E-state index in [-0.39, 0.29) is 5.88 Å². The van der Waals surface area contributed by atoms with Gasteiger partial charge < -0.3 is 5.11 Å². The molecule has 0 bridgehead atoms. The Hall–Kier alpha value is 0.360. The smallest absolute Gasteiger partial charge is 0.109 e. The quantitative estimate of drug-likeness (QED) is 0.672. The molecule has 0 aliphatic heterocycles. The first-order valence-electron chi connectivity index (χ1n) is 3.20. The van der Waals surface area contributed by atoms with Crippen LogP contribution < -0.4 is 0 Å². The molecule has 0 aliphatic rings. The zero-order valence-corrected chi connectivity index (χ0v) is 9.90. The molecular weight excluding hydrogens is 309 g/mol. The van der Waals surface area contributed by atoms with Crippen molar-refractivity contribution in [1.82, 2.24) is 4.98 Å². The van der Waals surface area contributed by atoms with E-state index in [1.165, 1.54) is 0 Å². The minimum atomic E-state index is -0.708. The van der Waals surface area contributed by atoms with E-state index in [9.17, 15) is 5.11 Å². The maximum atomic E-state index is 9.34. The SMILES string of the molecule is OC(CCl)c1cc(Br)cc(Br)n1. The number of alkyl halides is 1. The van der Waals surface area contributed by atoms with Crippen molar-refractivity contribution in [2.45, 2.75) is 6.10 Å². The Morgan fingerprint density at radius 3 is 2.67 bits per heavy atom. The average Bonchev–Trinajstić information content (AvgIpc) is 2.01. The van der Waals surface area contributed by atoms with Crippen LogP contribution in [0.4, 0.5) is 0 Å². The van der Waals surface area contributed by atoms with Crippen LogP contribution in [0, 0.1) is 0 Å². The predicted molar refractivity (Wildman–Crippen MR) is 55.3 cm³/mol. The molecule has 0 amide bonds. The third-order valence-corrected chi connectivity index (χ3v) is 2.42. The van der Waals surface area contributed by atoms with Gasteiger partial charge in [0.25, 0.3) is 0 Å². The molecular formula is C7H6Br2ClNO. The summed E-state index contributed by atoms with van der Waals surface area (Å²) >= 11 is 12.0. The fraction of sp³-hybridized carbons (Fsp3) is 0.286. The lowest BCUT2D eigenvalue weighted by molar-refractivity contribution is 0.197. The average molecular weight is 315 g/mol. The molecule has 0 saturated heterocycles. The maximum Gasteiger partial charge on any atom is 0.109 e. The molecule has 1 aromatic heterocycles. The molecule has 1 heterocycles. The van der Waals surface area contributed by atoms with E-state index in [1.807, 2.05) is 0 Å². The number of nitrogens with zero attached hydrogens (tertiary/aromatic N) is 1. The van der Waals surface area contributed by atoms with Gasteiger partial charge in [0.15, 0.2) is 0 Å². The number of aromatic nitrogens is 1. The summed E-state index contributed by atoms with van der Waals surface area (Å²) in [6, 6.07) is 3.53. The Balaban J connectivity index is 3.00. The second kappa shape index (κ2) is 4.56. The number of hydrogen-bond donors (Lipinski definition) is 1. The molecule has 0 aromatic carbocycles. The maximum absolute atomic E-state index is 9.34. The first kappa shape index (κ1) is 10.4. The van der Waals surface area contributed by atoms with Crippen molar-refractivity contribution >= 4 is 43.5 Å². The molecule has 12 heavy (non-hydrogen) atoms. The monoisotopic (exact) mass is 313 g/mol. The molecule has 1 N–H and O–H groups in total. The van der Waals surface area contributed by atoms with Crippen LogP contribution in [0.1, 0.15) is 11.8 Å². The molecule has 0 spiro atoms. The Morgan fingerprint density at radius 2 is 2.17 bits per heavy atom. The van der Waals surface area contributed by atoms with Gasteiger partial charge in [-0.2, -0.15) is 0 Å². The molecule has 0 fully saturated rings. The summed E-state index contributed by atoms with van der Waals surface area (Å²) in [6.07, 6.45) is -0.708. The Morgan fingerprint density at radius 1 is 1.50 bits per heavy atom. The minimum absolute atomic E-state index is 0.149. The fourth-order valence-corrected chi connectivity index (χ4v) is 2.10. The summed E-state index contributed by atoms with van der Waals surface area (Å²) in [4.78, 5) is 4.06. The topological polar surface area (TPSA) is 33.1 Å². The molecule has 1 unspecified atom stereocenters. The predicted octanol–water partition coefficient (Wildman–Crippen LogP) is 2.88. The second-order valence-electron chi connectivity index (χ2n) is 2.20. The number of aliphatic hydroxyl groups is 1. The highest BCUT2D eigenvalue weighted by atomic mass is 79.9. The van der Waals surface area contributed by atoms with Crippen LogP contribution in [0.2, 0.25) is 0 Å². The van der Waals surface area contributed by atoms with Crippen LogP contribution in [0.5, 0.6) is 0 Å². The molecule has 66 valence electrons. The van der Waals surface area contributed by atoms with Crippen LogP contribution in [-0.2, 0) is 0 Å². The lowest BCUT2D eigenvalue weighted by Gasteiger charge is -2.06. The minimum Gasteiger partial charge on any atom is -0.386 e. The summed E-state index contributed by atoms with van der Waals surface area (Å²) in [6.45, 7) is 0. The Labute approximate surface area is 92.2 Å². The van der Waals surface area contributed by atoms with Crippen molar-refractivity contribution in [3.05, 3.63) is 26.9 Å². The lowest BCUT2D eigenvalue weighted by Crippen LogP contribution is -2.01. The highest BCUT2D eigenvalue weighted by molar-refractivity contribution is 9.11.